The SMILES string of the molecule is N#Cc1ccc2c(c1)c1ccccc1n2-c1ccc2c(c1)c1ccccc1n2-c1cccc(-c2ccc(-n3c4ccccc4c4ccccc43)cc2C#N)c1. The van der Waals surface area contributed by atoms with Crippen LogP contribution in [0, 0.1) is 22.7 Å². The van der Waals surface area contributed by atoms with Gasteiger partial charge in [-0.15, -0.1) is 0 Å². The van der Waals surface area contributed by atoms with Crippen molar-refractivity contribution in [1.29, 1.82) is 10.5 Å². The molecule has 5 heteroatoms. The maximum atomic E-state index is 10.5. The Morgan fingerprint density at radius 1 is 0.327 bits per heavy atom. The summed E-state index contributed by atoms with van der Waals surface area (Å²) in [5.74, 6) is 0. The fourth-order valence-electron chi connectivity index (χ4n) is 8.73. The molecule has 0 N–H and O–H groups in total. The van der Waals surface area contributed by atoms with Gasteiger partial charge >= 0.3 is 0 Å². The summed E-state index contributed by atoms with van der Waals surface area (Å²) in [6.45, 7) is 0. The molecule has 55 heavy (non-hydrogen) atoms. The van der Waals surface area contributed by atoms with E-state index in [1.165, 1.54) is 10.8 Å². The van der Waals surface area contributed by atoms with Crippen LogP contribution in [-0.2, 0) is 0 Å². The average Bonchev–Trinajstić information content (AvgIpc) is 3.88. The molecule has 0 fully saturated rings. The van der Waals surface area contributed by atoms with E-state index in [0.717, 1.165) is 82.8 Å². The molecular formula is C50H29N5. The van der Waals surface area contributed by atoms with E-state index >= 15 is 0 Å². The molecule has 0 aliphatic rings. The van der Waals surface area contributed by atoms with E-state index in [9.17, 15) is 10.5 Å². The number of hydrogen-bond donors (Lipinski definition) is 0. The molecule has 0 aliphatic carbocycles. The number of para-hydroxylation sites is 4. The molecule has 0 unspecified atom stereocenters. The van der Waals surface area contributed by atoms with E-state index in [-0.39, 0.29) is 0 Å². The van der Waals surface area contributed by atoms with Gasteiger partial charge in [0.2, 0.25) is 0 Å². The summed E-state index contributed by atoms with van der Waals surface area (Å²) in [7, 11) is 0. The predicted octanol–water partition coefficient (Wildman–Crippen LogP) is 12.4. The van der Waals surface area contributed by atoms with E-state index in [4.69, 9.17) is 0 Å². The molecule has 0 spiro atoms. The van der Waals surface area contributed by atoms with Gasteiger partial charge in [-0.25, -0.2) is 0 Å². The first-order valence-electron chi connectivity index (χ1n) is 18.3. The van der Waals surface area contributed by atoms with Crippen LogP contribution >= 0.6 is 0 Å². The highest BCUT2D eigenvalue weighted by molar-refractivity contribution is 6.13. The average molecular weight is 700 g/mol. The predicted molar refractivity (Wildman–Crippen MR) is 224 cm³/mol. The fraction of sp³-hybridized carbons (Fsp3) is 0. The van der Waals surface area contributed by atoms with Gasteiger partial charge in [-0.05, 0) is 96.1 Å². The van der Waals surface area contributed by atoms with Gasteiger partial charge in [0, 0.05) is 49.4 Å². The second-order valence-corrected chi connectivity index (χ2v) is 14.0. The summed E-state index contributed by atoms with van der Waals surface area (Å²) in [5.41, 5.74) is 12.8. The highest BCUT2D eigenvalue weighted by atomic mass is 15.0. The van der Waals surface area contributed by atoms with Crippen LogP contribution in [0.4, 0.5) is 0 Å². The third kappa shape index (κ3) is 4.51. The lowest BCUT2D eigenvalue weighted by atomic mass is 9.99. The first kappa shape index (κ1) is 30.7. The topological polar surface area (TPSA) is 62.4 Å². The number of hydrogen-bond acceptors (Lipinski definition) is 2. The molecule has 0 saturated carbocycles. The summed E-state index contributed by atoms with van der Waals surface area (Å²) in [5, 5.41) is 27.1. The Hall–Kier alpha value is -7.86. The zero-order valence-corrected chi connectivity index (χ0v) is 29.5. The first-order chi connectivity index (χ1) is 27.2. The van der Waals surface area contributed by atoms with Gasteiger partial charge in [-0.1, -0.05) is 91.0 Å². The summed E-state index contributed by atoms with van der Waals surface area (Å²) >= 11 is 0. The normalized spacial score (nSPS) is 11.6. The van der Waals surface area contributed by atoms with E-state index < -0.39 is 0 Å². The highest BCUT2D eigenvalue weighted by Crippen LogP contribution is 2.39. The minimum Gasteiger partial charge on any atom is -0.309 e. The molecule has 8 aromatic carbocycles. The lowest BCUT2D eigenvalue weighted by molar-refractivity contribution is 1.16. The molecule has 0 bridgehead atoms. The zero-order chi connectivity index (χ0) is 36.6. The maximum absolute atomic E-state index is 10.5. The number of fused-ring (bicyclic) bond motifs is 9. The van der Waals surface area contributed by atoms with Gasteiger partial charge in [0.25, 0.3) is 0 Å². The summed E-state index contributed by atoms with van der Waals surface area (Å²) in [6, 6.07) is 66.0. The molecular weight excluding hydrogens is 671 g/mol. The second-order valence-electron chi connectivity index (χ2n) is 14.0. The van der Waals surface area contributed by atoms with E-state index in [1.807, 2.05) is 18.2 Å². The molecule has 11 aromatic rings. The van der Waals surface area contributed by atoms with E-state index in [0.29, 0.717) is 11.1 Å². The van der Waals surface area contributed by atoms with E-state index in [1.54, 1.807) is 0 Å². The number of nitriles is 2. The molecule has 0 amide bonds. The Balaban J connectivity index is 1.06. The Labute approximate surface area is 316 Å². The number of nitrogens with zero attached hydrogens (tertiary/aromatic N) is 5. The third-order valence-corrected chi connectivity index (χ3v) is 11.1. The Bertz CT molecular complexity index is 3420. The first-order valence-corrected chi connectivity index (χ1v) is 18.3. The van der Waals surface area contributed by atoms with Crippen molar-refractivity contribution < 1.29 is 0 Å². The van der Waals surface area contributed by atoms with Crippen molar-refractivity contribution in [2.45, 2.75) is 0 Å². The highest BCUT2D eigenvalue weighted by Gasteiger charge is 2.18. The van der Waals surface area contributed by atoms with Crippen molar-refractivity contribution in [3.8, 4) is 40.3 Å². The van der Waals surface area contributed by atoms with Crippen LogP contribution in [0.3, 0.4) is 0 Å². The fourth-order valence-corrected chi connectivity index (χ4v) is 8.73. The van der Waals surface area contributed by atoms with Crippen molar-refractivity contribution in [1.82, 2.24) is 13.7 Å². The molecule has 3 heterocycles. The standard InChI is InChI=1S/C50H29N5/c51-30-32-20-24-49-43(26-32)41-14-3-7-18-47(41)55(49)37-22-25-50-44(29-37)42-15-4-8-19-48(42)53(50)35-11-9-10-33(27-35)38-23-21-36(28-34(38)31-52)54-45-16-5-1-12-39(45)40-13-2-6-17-46(40)54/h1-29H. The molecule has 254 valence electrons. The van der Waals surface area contributed by atoms with Gasteiger partial charge in [0.15, 0.2) is 0 Å². The van der Waals surface area contributed by atoms with Crippen LogP contribution in [-0.4, -0.2) is 13.7 Å². The molecule has 0 saturated heterocycles. The van der Waals surface area contributed by atoms with Gasteiger partial charge in [0.1, 0.15) is 0 Å². The van der Waals surface area contributed by atoms with Gasteiger partial charge in [-0.2, -0.15) is 10.5 Å². The summed E-state index contributed by atoms with van der Waals surface area (Å²) in [4.78, 5) is 0. The van der Waals surface area contributed by atoms with Crippen molar-refractivity contribution >= 4 is 65.4 Å². The minimum absolute atomic E-state index is 0.622. The van der Waals surface area contributed by atoms with Crippen LogP contribution in [0.15, 0.2) is 176 Å². The van der Waals surface area contributed by atoms with Gasteiger partial charge in [-0.3, -0.25) is 0 Å². The van der Waals surface area contributed by atoms with Crippen LogP contribution in [0.1, 0.15) is 11.1 Å². The Morgan fingerprint density at radius 3 is 1.35 bits per heavy atom. The van der Waals surface area contributed by atoms with Gasteiger partial charge in [0.05, 0.1) is 56.4 Å². The Kier molecular flexibility index (Phi) is 6.61. The quantitative estimate of drug-likeness (QED) is 0.184. The smallest absolute Gasteiger partial charge is 0.0998 e. The number of rotatable bonds is 4. The lowest BCUT2D eigenvalue weighted by Crippen LogP contribution is -1.97. The van der Waals surface area contributed by atoms with Crippen molar-refractivity contribution in [2.75, 3.05) is 0 Å². The molecule has 11 rings (SSSR count). The van der Waals surface area contributed by atoms with Crippen LogP contribution in [0.25, 0.3) is 93.6 Å². The second kappa shape index (κ2) is 11.8. The van der Waals surface area contributed by atoms with Crippen molar-refractivity contribution in [2.24, 2.45) is 0 Å². The van der Waals surface area contributed by atoms with E-state index in [2.05, 4.69) is 184 Å². The third-order valence-electron chi connectivity index (χ3n) is 11.1. The van der Waals surface area contributed by atoms with Gasteiger partial charge < -0.3 is 13.7 Å². The monoisotopic (exact) mass is 699 g/mol. The summed E-state index contributed by atoms with van der Waals surface area (Å²) in [6.07, 6.45) is 0. The number of benzene rings is 8. The Morgan fingerprint density at radius 2 is 0.782 bits per heavy atom. The molecule has 0 aliphatic heterocycles. The lowest BCUT2D eigenvalue weighted by Gasteiger charge is -2.13. The zero-order valence-electron chi connectivity index (χ0n) is 29.5. The molecule has 3 aromatic heterocycles. The molecule has 0 atom stereocenters. The molecule has 0 radical (unpaired) electrons. The number of aromatic nitrogens is 3. The maximum Gasteiger partial charge on any atom is 0.0998 e. The summed E-state index contributed by atoms with van der Waals surface area (Å²) < 4.78 is 6.87. The van der Waals surface area contributed by atoms with Crippen molar-refractivity contribution in [3.63, 3.8) is 0 Å². The minimum atomic E-state index is 0.622. The van der Waals surface area contributed by atoms with Crippen LogP contribution in [0.5, 0.6) is 0 Å². The molecule has 5 nitrogen and oxygen atoms in total. The largest absolute Gasteiger partial charge is 0.309 e. The van der Waals surface area contributed by atoms with Crippen molar-refractivity contribution in [3.05, 3.63) is 187 Å². The van der Waals surface area contributed by atoms with Crippen LogP contribution in [0.2, 0.25) is 0 Å². The van der Waals surface area contributed by atoms with Crippen LogP contribution < -0.4 is 0 Å².